The smallest absolute Gasteiger partial charge is 0.152 e. The number of ketones is 1. The van der Waals surface area contributed by atoms with Crippen molar-refractivity contribution >= 4 is 33.3 Å². The number of carbonyl (C=O) groups is 1. The fourth-order valence-corrected chi connectivity index (χ4v) is 2.06. The lowest BCUT2D eigenvalue weighted by molar-refractivity contribution is -0.116. The molecule has 0 spiro atoms. The monoisotopic (exact) mass is 278 g/mol. The molecule has 0 aliphatic carbocycles. The first-order valence-electron chi connectivity index (χ1n) is 4.05. The highest BCUT2D eigenvalue weighted by Crippen LogP contribution is 2.29. The average Bonchev–Trinajstić information content (AvgIpc) is 2.16. The Morgan fingerprint density at radius 2 is 2.29 bits per heavy atom. The van der Waals surface area contributed by atoms with E-state index in [0.717, 1.165) is 0 Å². The molecule has 1 atom stereocenters. The molecule has 1 aromatic rings. The van der Waals surface area contributed by atoms with E-state index in [-0.39, 0.29) is 5.78 Å². The number of Topliss-reactive ketones (excluding diaryl/α,β-unsaturated/α-hetero) is 1. The van der Waals surface area contributed by atoms with Gasteiger partial charge in [-0.25, -0.2) is 4.39 Å². The summed E-state index contributed by atoms with van der Waals surface area (Å²) in [6.07, 6.45) is 0. The molecule has 0 aliphatic heterocycles. The molecule has 1 nitrogen and oxygen atoms in total. The Balaban J connectivity index is 3.05. The fraction of sp³-hybridized carbons (Fsp3) is 0.300. The van der Waals surface area contributed by atoms with Gasteiger partial charge in [0.1, 0.15) is 12.1 Å². The van der Waals surface area contributed by atoms with Gasteiger partial charge in [0.05, 0.1) is 0 Å². The first-order chi connectivity index (χ1) is 6.56. The predicted octanol–water partition coefficient (Wildman–Crippen LogP) is 3.79. The van der Waals surface area contributed by atoms with Gasteiger partial charge in [0.25, 0.3) is 0 Å². The number of rotatable bonds is 3. The molecule has 0 fully saturated rings. The van der Waals surface area contributed by atoms with Gasteiger partial charge in [-0.05, 0) is 24.1 Å². The number of benzene rings is 1. The number of alkyl halides is 2. The third-order valence-electron chi connectivity index (χ3n) is 1.85. The van der Waals surface area contributed by atoms with E-state index in [2.05, 4.69) is 15.9 Å². The molecule has 0 radical (unpaired) electrons. The van der Waals surface area contributed by atoms with Crippen LogP contribution in [0.5, 0.6) is 0 Å². The maximum absolute atomic E-state index is 12.3. The SMILES string of the molecule is CC(=O)C(Cl)c1ccc(CF)cc1Br. The van der Waals surface area contributed by atoms with E-state index in [1.165, 1.54) is 6.92 Å². The van der Waals surface area contributed by atoms with Crippen LogP contribution in [0.25, 0.3) is 0 Å². The fourth-order valence-electron chi connectivity index (χ4n) is 1.08. The summed E-state index contributed by atoms with van der Waals surface area (Å²) in [6, 6.07) is 4.92. The van der Waals surface area contributed by atoms with Crippen molar-refractivity contribution in [3.05, 3.63) is 33.8 Å². The van der Waals surface area contributed by atoms with E-state index < -0.39 is 12.1 Å². The summed E-state index contributed by atoms with van der Waals surface area (Å²) in [5, 5.41) is -0.668. The van der Waals surface area contributed by atoms with Crippen molar-refractivity contribution in [3.63, 3.8) is 0 Å². The van der Waals surface area contributed by atoms with Gasteiger partial charge in [-0.15, -0.1) is 11.6 Å². The second-order valence-corrected chi connectivity index (χ2v) is 4.25. The molecule has 0 saturated carbocycles. The number of halogens is 3. The van der Waals surface area contributed by atoms with Crippen LogP contribution >= 0.6 is 27.5 Å². The minimum absolute atomic E-state index is 0.125. The zero-order valence-electron chi connectivity index (χ0n) is 7.56. The van der Waals surface area contributed by atoms with Crippen molar-refractivity contribution in [2.24, 2.45) is 0 Å². The Morgan fingerprint density at radius 1 is 1.64 bits per heavy atom. The van der Waals surface area contributed by atoms with Crippen LogP contribution in [0.2, 0.25) is 0 Å². The highest BCUT2D eigenvalue weighted by molar-refractivity contribution is 9.10. The Labute approximate surface area is 95.4 Å². The minimum atomic E-state index is -0.668. The quantitative estimate of drug-likeness (QED) is 0.769. The molecule has 0 aliphatic rings. The first-order valence-corrected chi connectivity index (χ1v) is 5.28. The largest absolute Gasteiger partial charge is 0.298 e. The molecule has 76 valence electrons. The highest BCUT2D eigenvalue weighted by atomic mass is 79.9. The van der Waals surface area contributed by atoms with E-state index in [0.29, 0.717) is 15.6 Å². The molecule has 0 heterocycles. The molecular weight excluding hydrogens is 270 g/mol. The van der Waals surface area contributed by atoms with Crippen LogP contribution in [0, 0.1) is 0 Å². The third kappa shape index (κ3) is 2.55. The highest BCUT2D eigenvalue weighted by Gasteiger charge is 2.16. The molecule has 4 heteroatoms. The second kappa shape index (κ2) is 4.89. The van der Waals surface area contributed by atoms with Gasteiger partial charge in [0, 0.05) is 4.47 Å². The van der Waals surface area contributed by atoms with E-state index >= 15 is 0 Å². The maximum atomic E-state index is 12.3. The maximum Gasteiger partial charge on any atom is 0.152 e. The van der Waals surface area contributed by atoms with Gasteiger partial charge in [0.15, 0.2) is 5.78 Å². The lowest BCUT2D eigenvalue weighted by Crippen LogP contribution is -2.02. The standard InChI is InChI=1S/C10H9BrClFO/c1-6(14)10(12)8-3-2-7(5-13)4-9(8)11/h2-4,10H,5H2,1H3. The Morgan fingerprint density at radius 3 is 2.71 bits per heavy atom. The lowest BCUT2D eigenvalue weighted by atomic mass is 10.1. The zero-order chi connectivity index (χ0) is 10.7. The van der Waals surface area contributed by atoms with Crippen molar-refractivity contribution in [1.82, 2.24) is 0 Å². The normalized spacial score (nSPS) is 12.6. The topological polar surface area (TPSA) is 17.1 Å². The van der Waals surface area contributed by atoms with Gasteiger partial charge >= 0.3 is 0 Å². The van der Waals surface area contributed by atoms with E-state index in [1.54, 1.807) is 18.2 Å². The van der Waals surface area contributed by atoms with Crippen LogP contribution in [-0.2, 0) is 11.5 Å². The Bertz CT molecular complexity index is 354. The van der Waals surface area contributed by atoms with Crippen LogP contribution in [0.3, 0.4) is 0 Å². The number of hydrogen-bond acceptors (Lipinski definition) is 1. The van der Waals surface area contributed by atoms with Crippen LogP contribution in [0.1, 0.15) is 23.4 Å². The Hall–Kier alpha value is -0.410. The molecule has 0 bridgehead atoms. The second-order valence-electron chi connectivity index (χ2n) is 2.96. The first kappa shape index (κ1) is 11.7. The van der Waals surface area contributed by atoms with E-state index in [4.69, 9.17) is 11.6 Å². The van der Waals surface area contributed by atoms with E-state index in [9.17, 15) is 9.18 Å². The van der Waals surface area contributed by atoms with E-state index in [1.807, 2.05) is 0 Å². The number of carbonyl (C=O) groups excluding carboxylic acids is 1. The summed E-state index contributed by atoms with van der Waals surface area (Å²) in [5.41, 5.74) is 1.24. The van der Waals surface area contributed by atoms with Gasteiger partial charge in [-0.1, -0.05) is 28.1 Å². The predicted molar refractivity (Wildman–Crippen MR) is 58.2 cm³/mol. The van der Waals surface area contributed by atoms with Crippen molar-refractivity contribution in [2.75, 3.05) is 0 Å². The van der Waals surface area contributed by atoms with Crippen LogP contribution < -0.4 is 0 Å². The van der Waals surface area contributed by atoms with Crippen LogP contribution in [-0.4, -0.2) is 5.78 Å². The van der Waals surface area contributed by atoms with Gasteiger partial charge in [0.2, 0.25) is 0 Å². The molecule has 0 amide bonds. The lowest BCUT2D eigenvalue weighted by Gasteiger charge is -2.09. The average molecular weight is 280 g/mol. The zero-order valence-corrected chi connectivity index (χ0v) is 9.90. The van der Waals surface area contributed by atoms with Crippen LogP contribution in [0.15, 0.2) is 22.7 Å². The molecular formula is C10H9BrClFO. The van der Waals surface area contributed by atoms with Gasteiger partial charge in [-0.2, -0.15) is 0 Å². The minimum Gasteiger partial charge on any atom is -0.298 e. The summed E-state index contributed by atoms with van der Waals surface area (Å²) >= 11 is 9.12. The summed E-state index contributed by atoms with van der Waals surface area (Å²) in [7, 11) is 0. The summed E-state index contributed by atoms with van der Waals surface area (Å²) in [4.78, 5) is 11.0. The summed E-state index contributed by atoms with van der Waals surface area (Å²) in [6.45, 7) is 0.902. The van der Waals surface area contributed by atoms with Gasteiger partial charge < -0.3 is 0 Å². The molecule has 0 aromatic heterocycles. The molecule has 1 unspecified atom stereocenters. The molecule has 14 heavy (non-hydrogen) atoms. The summed E-state index contributed by atoms with van der Waals surface area (Å²) in [5.74, 6) is -0.125. The molecule has 1 rings (SSSR count). The van der Waals surface area contributed by atoms with Crippen LogP contribution in [0.4, 0.5) is 4.39 Å². The summed E-state index contributed by atoms with van der Waals surface area (Å²) < 4.78 is 12.9. The van der Waals surface area contributed by atoms with Crippen molar-refractivity contribution in [1.29, 1.82) is 0 Å². The van der Waals surface area contributed by atoms with Crippen molar-refractivity contribution < 1.29 is 9.18 Å². The van der Waals surface area contributed by atoms with Crippen molar-refractivity contribution in [3.8, 4) is 0 Å². The van der Waals surface area contributed by atoms with Gasteiger partial charge in [-0.3, -0.25) is 4.79 Å². The molecule has 1 aromatic carbocycles. The molecule has 0 N–H and O–H groups in total. The van der Waals surface area contributed by atoms with Crippen molar-refractivity contribution in [2.45, 2.75) is 19.0 Å². The third-order valence-corrected chi connectivity index (χ3v) is 3.08. The number of hydrogen-bond donors (Lipinski definition) is 0. The Kier molecular flexibility index (Phi) is 4.08. The molecule has 0 saturated heterocycles.